The predicted octanol–water partition coefficient (Wildman–Crippen LogP) is 4.98. The van der Waals surface area contributed by atoms with E-state index in [1.54, 1.807) is 0 Å². The molecule has 2 N–H and O–H groups in total. The SMILES string of the molecule is Cc1ccccc1CC(=O)N1CCN(c2ccc(NC(=O)NC34CC5CC(CC(C5)C3)C4)cc2)CC1. The van der Waals surface area contributed by atoms with Crippen LogP contribution < -0.4 is 15.5 Å². The van der Waals surface area contributed by atoms with Gasteiger partial charge in [-0.2, -0.15) is 0 Å². The van der Waals surface area contributed by atoms with Crippen LogP contribution in [0.4, 0.5) is 16.2 Å². The second-order valence-corrected chi connectivity index (χ2v) is 11.8. The molecule has 1 heterocycles. The van der Waals surface area contributed by atoms with E-state index >= 15 is 0 Å². The van der Waals surface area contributed by atoms with Crippen LogP contribution in [-0.4, -0.2) is 48.6 Å². The number of carbonyl (C=O) groups excluding carboxylic acids is 2. The summed E-state index contributed by atoms with van der Waals surface area (Å²) in [6.07, 6.45) is 8.07. The molecule has 4 bridgehead atoms. The number of piperazine rings is 1. The van der Waals surface area contributed by atoms with E-state index in [4.69, 9.17) is 0 Å². The minimum Gasteiger partial charge on any atom is -0.368 e. The van der Waals surface area contributed by atoms with Crippen LogP contribution in [0.1, 0.15) is 49.7 Å². The van der Waals surface area contributed by atoms with E-state index in [0.29, 0.717) is 6.42 Å². The van der Waals surface area contributed by atoms with Gasteiger partial charge in [-0.3, -0.25) is 4.79 Å². The fourth-order valence-electron chi connectivity index (χ4n) is 7.72. The Labute approximate surface area is 214 Å². The van der Waals surface area contributed by atoms with Crippen molar-refractivity contribution in [3.8, 4) is 0 Å². The first kappa shape index (κ1) is 23.4. The van der Waals surface area contributed by atoms with Gasteiger partial charge in [-0.25, -0.2) is 4.79 Å². The number of benzene rings is 2. The number of anilines is 2. The molecule has 190 valence electrons. The van der Waals surface area contributed by atoms with Gasteiger partial charge in [-0.05, 0) is 98.6 Å². The Balaban J connectivity index is 0.995. The third-order valence-electron chi connectivity index (χ3n) is 9.14. The topological polar surface area (TPSA) is 64.7 Å². The monoisotopic (exact) mass is 486 g/mol. The van der Waals surface area contributed by atoms with E-state index < -0.39 is 0 Å². The van der Waals surface area contributed by atoms with Gasteiger partial charge in [0, 0.05) is 43.1 Å². The van der Waals surface area contributed by atoms with Crippen molar-refractivity contribution in [3.63, 3.8) is 0 Å². The second-order valence-electron chi connectivity index (χ2n) is 11.8. The Kier molecular flexibility index (Phi) is 6.14. The summed E-state index contributed by atoms with van der Waals surface area (Å²) in [6, 6.07) is 16.2. The van der Waals surface area contributed by atoms with Crippen molar-refractivity contribution >= 4 is 23.3 Å². The van der Waals surface area contributed by atoms with Crippen molar-refractivity contribution in [1.29, 1.82) is 0 Å². The third kappa shape index (κ3) is 4.82. The number of rotatable bonds is 5. The fourth-order valence-corrected chi connectivity index (χ4v) is 7.72. The van der Waals surface area contributed by atoms with Crippen LogP contribution in [-0.2, 0) is 11.2 Å². The lowest BCUT2D eigenvalue weighted by Crippen LogP contribution is -2.60. The Bertz CT molecular complexity index is 1080. The van der Waals surface area contributed by atoms with Gasteiger partial charge in [0.1, 0.15) is 0 Å². The first-order valence-electron chi connectivity index (χ1n) is 13.7. The van der Waals surface area contributed by atoms with Gasteiger partial charge in [0.2, 0.25) is 5.91 Å². The Morgan fingerprint density at radius 3 is 2.08 bits per heavy atom. The number of nitrogens with one attached hydrogen (secondary N) is 2. The van der Waals surface area contributed by atoms with Gasteiger partial charge in [0.25, 0.3) is 0 Å². The second kappa shape index (κ2) is 9.45. The molecule has 7 rings (SSSR count). The number of nitrogens with zero attached hydrogens (tertiary/aromatic N) is 2. The van der Waals surface area contributed by atoms with E-state index in [0.717, 1.165) is 80.1 Å². The summed E-state index contributed by atoms with van der Waals surface area (Å²) in [4.78, 5) is 30.0. The maximum absolute atomic E-state index is 12.9. The summed E-state index contributed by atoms with van der Waals surface area (Å²) >= 11 is 0. The molecular formula is C30H38N4O2. The van der Waals surface area contributed by atoms with Crippen LogP contribution in [0.3, 0.4) is 0 Å². The number of aryl methyl sites for hydroxylation is 1. The molecule has 0 spiro atoms. The molecule has 5 aliphatic rings. The van der Waals surface area contributed by atoms with Gasteiger partial charge in [-0.1, -0.05) is 24.3 Å². The number of urea groups is 1. The van der Waals surface area contributed by atoms with E-state index in [1.807, 2.05) is 35.2 Å². The zero-order valence-corrected chi connectivity index (χ0v) is 21.3. The highest BCUT2D eigenvalue weighted by molar-refractivity contribution is 5.90. The number of amides is 3. The fraction of sp³-hybridized carbons (Fsp3) is 0.533. The molecule has 4 saturated carbocycles. The van der Waals surface area contributed by atoms with Crippen molar-refractivity contribution in [2.45, 2.75) is 57.4 Å². The zero-order chi connectivity index (χ0) is 24.7. The van der Waals surface area contributed by atoms with Crippen LogP contribution >= 0.6 is 0 Å². The van der Waals surface area contributed by atoms with Gasteiger partial charge >= 0.3 is 6.03 Å². The first-order valence-corrected chi connectivity index (χ1v) is 13.7. The van der Waals surface area contributed by atoms with E-state index in [1.165, 1.54) is 24.8 Å². The maximum Gasteiger partial charge on any atom is 0.319 e. The van der Waals surface area contributed by atoms with Crippen molar-refractivity contribution in [2.24, 2.45) is 17.8 Å². The molecule has 6 nitrogen and oxygen atoms in total. The smallest absolute Gasteiger partial charge is 0.319 e. The zero-order valence-electron chi connectivity index (χ0n) is 21.3. The molecular weight excluding hydrogens is 448 g/mol. The van der Waals surface area contributed by atoms with Crippen LogP contribution in [0.5, 0.6) is 0 Å². The quantitative estimate of drug-likeness (QED) is 0.627. The molecule has 2 aromatic carbocycles. The molecule has 5 fully saturated rings. The highest BCUT2D eigenvalue weighted by Crippen LogP contribution is 2.55. The molecule has 36 heavy (non-hydrogen) atoms. The van der Waals surface area contributed by atoms with Crippen molar-refractivity contribution < 1.29 is 9.59 Å². The van der Waals surface area contributed by atoms with Crippen LogP contribution in [0.2, 0.25) is 0 Å². The highest BCUT2D eigenvalue weighted by atomic mass is 16.2. The van der Waals surface area contributed by atoms with E-state index in [-0.39, 0.29) is 17.5 Å². The van der Waals surface area contributed by atoms with Crippen LogP contribution in [0, 0.1) is 24.7 Å². The van der Waals surface area contributed by atoms with E-state index in [2.05, 4.69) is 40.7 Å². The standard InChI is InChI=1S/C30H38N4O2/c1-21-4-2-3-5-25(21)17-28(35)34-12-10-33(11-13-34)27-8-6-26(7-9-27)31-29(36)32-30-18-22-14-23(19-30)16-24(15-22)20-30/h2-9,22-24H,10-20H2,1H3,(H2,31,32,36). The van der Waals surface area contributed by atoms with Gasteiger partial charge in [-0.15, -0.1) is 0 Å². The van der Waals surface area contributed by atoms with E-state index in [9.17, 15) is 9.59 Å². The lowest BCUT2D eigenvalue weighted by Gasteiger charge is -2.56. The molecule has 0 unspecified atom stereocenters. The number of hydrogen-bond acceptors (Lipinski definition) is 3. The van der Waals surface area contributed by atoms with Crippen molar-refractivity contribution in [3.05, 3.63) is 59.7 Å². The summed E-state index contributed by atoms with van der Waals surface area (Å²) in [5.74, 6) is 2.64. The average Bonchev–Trinajstić information content (AvgIpc) is 2.85. The van der Waals surface area contributed by atoms with Crippen molar-refractivity contribution in [2.75, 3.05) is 36.4 Å². The Morgan fingerprint density at radius 2 is 1.47 bits per heavy atom. The minimum atomic E-state index is -0.0644. The minimum absolute atomic E-state index is 0.0229. The van der Waals surface area contributed by atoms with Crippen molar-refractivity contribution in [1.82, 2.24) is 10.2 Å². The lowest BCUT2D eigenvalue weighted by atomic mass is 9.53. The molecule has 2 aromatic rings. The molecule has 1 saturated heterocycles. The normalized spacial score (nSPS) is 28.8. The lowest BCUT2D eigenvalue weighted by molar-refractivity contribution is -0.130. The Hall–Kier alpha value is -3.02. The number of carbonyl (C=O) groups is 2. The first-order chi connectivity index (χ1) is 17.4. The van der Waals surface area contributed by atoms with Crippen LogP contribution in [0.25, 0.3) is 0 Å². The molecule has 6 heteroatoms. The average molecular weight is 487 g/mol. The summed E-state index contributed by atoms with van der Waals surface area (Å²) in [5.41, 5.74) is 4.26. The van der Waals surface area contributed by atoms with Gasteiger partial charge in [0.15, 0.2) is 0 Å². The molecule has 0 radical (unpaired) electrons. The third-order valence-corrected chi connectivity index (χ3v) is 9.14. The van der Waals surface area contributed by atoms with Gasteiger partial charge in [0.05, 0.1) is 6.42 Å². The Morgan fingerprint density at radius 1 is 0.861 bits per heavy atom. The predicted molar refractivity (Wildman–Crippen MR) is 143 cm³/mol. The highest BCUT2D eigenvalue weighted by Gasteiger charge is 2.51. The summed E-state index contributed by atoms with van der Waals surface area (Å²) in [6.45, 7) is 5.17. The number of hydrogen-bond donors (Lipinski definition) is 2. The summed E-state index contributed by atoms with van der Waals surface area (Å²) in [7, 11) is 0. The molecule has 1 aliphatic heterocycles. The molecule has 0 atom stereocenters. The largest absolute Gasteiger partial charge is 0.368 e. The molecule has 4 aliphatic carbocycles. The molecule has 3 amide bonds. The molecule has 0 aromatic heterocycles. The summed E-state index contributed by atoms with van der Waals surface area (Å²) < 4.78 is 0. The van der Waals surface area contributed by atoms with Crippen LogP contribution in [0.15, 0.2) is 48.5 Å². The van der Waals surface area contributed by atoms with Gasteiger partial charge < -0.3 is 20.4 Å². The summed E-state index contributed by atoms with van der Waals surface area (Å²) in [5, 5.41) is 6.46. The maximum atomic E-state index is 12.9.